The molecule has 0 aromatic heterocycles. The SMILES string of the molecule is Cc1cccc(C)c1N=C1C(=O)Nc2c(C)cccc21. The van der Waals surface area contributed by atoms with Crippen LogP contribution in [0.3, 0.4) is 0 Å². The maximum atomic E-state index is 12.2. The van der Waals surface area contributed by atoms with Crippen molar-refractivity contribution in [1.29, 1.82) is 0 Å². The minimum Gasteiger partial charge on any atom is -0.320 e. The van der Waals surface area contributed by atoms with Crippen LogP contribution in [0.2, 0.25) is 0 Å². The van der Waals surface area contributed by atoms with Crippen molar-refractivity contribution in [1.82, 2.24) is 0 Å². The van der Waals surface area contributed by atoms with Crippen molar-refractivity contribution in [2.75, 3.05) is 5.32 Å². The molecule has 1 aliphatic rings. The Hall–Kier alpha value is -2.42. The predicted molar refractivity (Wildman–Crippen MR) is 81.9 cm³/mol. The third kappa shape index (κ3) is 1.92. The van der Waals surface area contributed by atoms with Crippen LogP contribution in [0.1, 0.15) is 22.3 Å². The first-order valence-electron chi connectivity index (χ1n) is 6.64. The van der Waals surface area contributed by atoms with Gasteiger partial charge in [0.15, 0.2) is 0 Å². The van der Waals surface area contributed by atoms with Crippen LogP contribution in [0, 0.1) is 20.8 Å². The maximum Gasteiger partial charge on any atom is 0.275 e. The third-order valence-electron chi connectivity index (χ3n) is 3.64. The summed E-state index contributed by atoms with van der Waals surface area (Å²) in [6.45, 7) is 6.01. The Bertz CT molecular complexity index is 724. The molecule has 0 saturated carbocycles. The number of rotatable bonds is 1. The molecule has 3 rings (SSSR count). The van der Waals surface area contributed by atoms with E-state index in [9.17, 15) is 4.79 Å². The smallest absolute Gasteiger partial charge is 0.275 e. The Labute approximate surface area is 118 Å². The van der Waals surface area contributed by atoms with E-state index in [0.29, 0.717) is 5.71 Å². The summed E-state index contributed by atoms with van der Waals surface area (Å²) in [5.74, 6) is -0.128. The number of para-hydroxylation sites is 2. The lowest BCUT2D eigenvalue weighted by atomic mass is 10.1. The molecule has 20 heavy (non-hydrogen) atoms. The van der Waals surface area contributed by atoms with E-state index in [0.717, 1.165) is 33.6 Å². The number of nitrogens with zero attached hydrogens (tertiary/aromatic N) is 1. The second kappa shape index (κ2) is 4.60. The first-order valence-corrected chi connectivity index (χ1v) is 6.64. The highest BCUT2D eigenvalue weighted by molar-refractivity contribution is 6.54. The van der Waals surface area contributed by atoms with Crippen molar-refractivity contribution in [2.45, 2.75) is 20.8 Å². The molecule has 1 heterocycles. The minimum atomic E-state index is -0.128. The van der Waals surface area contributed by atoms with E-state index in [-0.39, 0.29) is 5.91 Å². The summed E-state index contributed by atoms with van der Waals surface area (Å²) in [6.07, 6.45) is 0. The monoisotopic (exact) mass is 264 g/mol. The highest BCUT2D eigenvalue weighted by atomic mass is 16.2. The molecule has 0 fully saturated rings. The van der Waals surface area contributed by atoms with Gasteiger partial charge in [-0.1, -0.05) is 36.4 Å². The molecule has 0 unspecified atom stereocenters. The Kier molecular flexibility index (Phi) is 2.90. The highest BCUT2D eigenvalue weighted by Crippen LogP contribution is 2.30. The minimum absolute atomic E-state index is 0.128. The van der Waals surface area contributed by atoms with Gasteiger partial charge in [0.05, 0.1) is 11.4 Å². The lowest BCUT2D eigenvalue weighted by Gasteiger charge is -2.05. The molecule has 1 N–H and O–H groups in total. The van der Waals surface area contributed by atoms with E-state index < -0.39 is 0 Å². The van der Waals surface area contributed by atoms with Crippen LogP contribution in [0.5, 0.6) is 0 Å². The number of aliphatic imine (C=N–C) groups is 1. The van der Waals surface area contributed by atoms with Gasteiger partial charge in [-0.05, 0) is 37.5 Å². The van der Waals surface area contributed by atoms with E-state index in [1.807, 2.05) is 57.2 Å². The molecule has 3 nitrogen and oxygen atoms in total. The molecular weight excluding hydrogens is 248 g/mol. The zero-order valence-electron chi connectivity index (χ0n) is 11.8. The van der Waals surface area contributed by atoms with Gasteiger partial charge in [0, 0.05) is 5.56 Å². The van der Waals surface area contributed by atoms with E-state index in [1.54, 1.807) is 0 Å². The zero-order valence-corrected chi connectivity index (χ0v) is 11.8. The highest BCUT2D eigenvalue weighted by Gasteiger charge is 2.27. The number of fused-ring (bicyclic) bond motifs is 1. The first kappa shape index (κ1) is 12.6. The van der Waals surface area contributed by atoms with Gasteiger partial charge in [0.1, 0.15) is 5.71 Å². The van der Waals surface area contributed by atoms with Crippen molar-refractivity contribution in [3.8, 4) is 0 Å². The van der Waals surface area contributed by atoms with Crippen LogP contribution in [0.25, 0.3) is 0 Å². The van der Waals surface area contributed by atoms with Gasteiger partial charge in [-0.25, -0.2) is 4.99 Å². The van der Waals surface area contributed by atoms with Gasteiger partial charge in [-0.2, -0.15) is 0 Å². The van der Waals surface area contributed by atoms with Crippen LogP contribution in [-0.2, 0) is 4.79 Å². The van der Waals surface area contributed by atoms with Gasteiger partial charge in [0.2, 0.25) is 0 Å². The first-order chi connectivity index (χ1) is 9.58. The lowest BCUT2D eigenvalue weighted by molar-refractivity contribution is -0.110. The van der Waals surface area contributed by atoms with E-state index >= 15 is 0 Å². The average Bonchev–Trinajstić information content (AvgIpc) is 2.72. The summed E-state index contributed by atoms with van der Waals surface area (Å²) in [5.41, 5.74) is 6.36. The number of aryl methyl sites for hydroxylation is 3. The predicted octanol–water partition coefficient (Wildman–Crippen LogP) is 3.68. The maximum absolute atomic E-state index is 12.2. The Balaban J connectivity index is 2.19. The molecule has 0 atom stereocenters. The Morgan fingerprint density at radius 3 is 2.20 bits per heavy atom. The number of anilines is 1. The van der Waals surface area contributed by atoms with Gasteiger partial charge >= 0.3 is 0 Å². The molecular formula is C17H16N2O. The van der Waals surface area contributed by atoms with Crippen LogP contribution in [0.4, 0.5) is 11.4 Å². The molecule has 0 aliphatic carbocycles. The lowest BCUT2D eigenvalue weighted by Crippen LogP contribution is -2.14. The molecule has 0 spiro atoms. The number of carbonyl (C=O) groups is 1. The van der Waals surface area contributed by atoms with Crippen molar-refractivity contribution in [3.63, 3.8) is 0 Å². The molecule has 3 heteroatoms. The van der Waals surface area contributed by atoms with Crippen molar-refractivity contribution in [3.05, 3.63) is 58.7 Å². The number of carbonyl (C=O) groups excluding carboxylic acids is 1. The standard InChI is InChI=1S/C17H16N2O/c1-10-6-4-7-11(2)14(10)18-16-13-9-5-8-12(3)15(13)19-17(16)20/h4-9H,1-3H3,(H,18,19,20). The van der Waals surface area contributed by atoms with Crippen molar-refractivity contribution < 1.29 is 4.79 Å². The number of hydrogen-bond acceptors (Lipinski definition) is 2. The zero-order chi connectivity index (χ0) is 14.3. The molecule has 0 bridgehead atoms. The average molecular weight is 264 g/mol. The Morgan fingerprint density at radius 1 is 0.900 bits per heavy atom. The fraction of sp³-hybridized carbons (Fsp3) is 0.176. The van der Waals surface area contributed by atoms with Gasteiger partial charge in [0.25, 0.3) is 5.91 Å². The number of nitrogens with one attached hydrogen (secondary N) is 1. The number of amides is 1. The van der Waals surface area contributed by atoms with Gasteiger partial charge in [-0.3, -0.25) is 4.79 Å². The molecule has 2 aromatic carbocycles. The van der Waals surface area contributed by atoms with Gasteiger partial charge in [-0.15, -0.1) is 0 Å². The molecule has 0 radical (unpaired) electrons. The van der Waals surface area contributed by atoms with Crippen LogP contribution in [-0.4, -0.2) is 11.6 Å². The topological polar surface area (TPSA) is 41.5 Å². The summed E-state index contributed by atoms with van der Waals surface area (Å²) in [4.78, 5) is 16.8. The fourth-order valence-corrected chi connectivity index (χ4v) is 2.53. The summed E-state index contributed by atoms with van der Waals surface area (Å²) >= 11 is 0. The summed E-state index contributed by atoms with van der Waals surface area (Å²) in [6, 6.07) is 11.9. The molecule has 2 aromatic rings. The molecule has 1 aliphatic heterocycles. The Morgan fingerprint density at radius 2 is 1.50 bits per heavy atom. The van der Waals surface area contributed by atoms with Crippen LogP contribution >= 0.6 is 0 Å². The quantitative estimate of drug-likeness (QED) is 0.838. The largest absolute Gasteiger partial charge is 0.320 e. The van der Waals surface area contributed by atoms with Gasteiger partial charge < -0.3 is 5.32 Å². The molecule has 0 saturated heterocycles. The van der Waals surface area contributed by atoms with Crippen molar-refractivity contribution in [2.24, 2.45) is 4.99 Å². The molecule has 100 valence electrons. The molecule has 1 amide bonds. The number of hydrogen-bond donors (Lipinski definition) is 1. The van der Waals surface area contributed by atoms with E-state index in [4.69, 9.17) is 0 Å². The fourth-order valence-electron chi connectivity index (χ4n) is 2.53. The van der Waals surface area contributed by atoms with Crippen molar-refractivity contribution >= 4 is 23.0 Å². The second-order valence-electron chi connectivity index (χ2n) is 5.15. The summed E-state index contributed by atoms with van der Waals surface area (Å²) in [5, 5.41) is 2.91. The second-order valence-corrected chi connectivity index (χ2v) is 5.15. The normalized spacial score (nSPS) is 15.3. The van der Waals surface area contributed by atoms with Crippen LogP contribution in [0.15, 0.2) is 41.4 Å². The number of benzene rings is 2. The summed E-state index contributed by atoms with van der Waals surface area (Å²) < 4.78 is 0. The van der Waals surface area contributed by atoms with E-state index in [2.05, 4.69) is 10.3 Å². The van der Waals surface area contributed by atoms with E-state index in [1.165, 1.54) is 0 Å². The summed E-state index contributed by atoms with van der Waals surface area (Å²) in [7, 11) is 0. The third-order valence-corrected chi connectivity index (χ3v) is 3.64. The van der Waals surface area contributed by atoms with Crippen LogP contribution < -0.4 is 5.32 Å².